The number of rotatable bonds is 3. The first-order valence-corrected chi connectivity index (χ1v) is 6.07. The highest BCUT2D eigenvalue weighted by molar-refractivity contribution is 5.63. The van der Waals surface area contributed by atoms with Crippen molar-refractivity contribution in [3.05, 3.63) is 30.2 Å². The number of benzene rings is 1. The third-order valence-electron chi connectivity index (χ3n) is 3.25. The third kappa shape index (κ3) is 2.09. The molecular weight excluding hydrogens is 246 g/mol. The standard InChI is InChI=1S/C13H15N3O3/c1-17-10-5-3-2-4-9(10)11-15-12(19-16-11)13(14)6-7-18-8-13/h2-5H,6-8,14H2,1H3. The minimum atomic E-state index is -0.673. The quantitative estimate of drug-likeness (QED) is 0.897. The Hall–Kier alpha value is -1.92. The van der Waals surface area contributed by atoms with Gasteiger partial charge in [-0.1, -0.05) is 17.3 Å². The summed E-state index contributed by atoms with van der Waals surface area (Å²) in [5, 5.41) is 3.98. The molecular formula is C13H15N3O3. The van der Waals surface area contributed by atoms with E-state index in [9.17, 15) is 0 Å². The number of hydrogen-bond acceptors (Lipinski definition) is 6. The first-order valence-electron chi connectivity index (χ1n) is 6.07. The van der Waals surface area contributed by atoms with E-state index in [1.165, 1.54) is 0 Å². The fourth-order valence-electron chi connectivity index (χ4n) is 2.11. The summed E-state index contributed by atoms with van der Waals surface area (Å²) in [5.74, 6) is 1.58. The largest absolute Gasteiger partial charge is 0.496 e. The van der Waals surface area contributed by atoms with Crippen molar-refractivity contribution in [3.63, 3.8) is 0 Å². The van der Waals surface area contributed by atoms with Crippen LogP contribution in [0.5, 0.6) is 5.75 Å². The molecule has 0 bridgehead atoms. The Morgan fingerprint density at radius 3 is 2.95 bits per heavy atom. The summed E-state index contributed by atoms with van der Waals surface area (Å²) in [6.07, 6.45) is 0.681. The summed E-state index contributed by atoms with van der Waals surface area (Å²) in [7, 11) is 1.61. The van der Waals surface area contributed by atoms with Crippen molar-refractivity contribution in [3.8, 4) is 17.1 Å². The molecule has 1 unspecified atom stereocenters. The zero-order valence-electron chi connectivity index (χ0n) is 10.6. The van der Waals surface area contributed by atoms with E-state index >= 15 is 0 Å². The lowest BCUT2D eigenvalue weighted by molar-refractivity contribution is 0.166. The van der Waals surface area contributed by atoms with Gasteiger partial charge in [0.1, 0.15) is 11.3 Å². The van der Waals surface area contributed by atoms with Gasteiger partial charge in [0, 0.05) is 6.61 Å². The van der Waals surface area contributed by atoms with Crippen molar-refractivity contribution in [2.24, 2.45) is 5.73 Å². The van der Waals surface area contributed by atoms with Gasteiger partial charge in [-0.15, -0.1) is 0 Å². The molecule has 1 aliphatic rings. The van der Waals surface area contributed by atoms with Gasteiger partial charge < -0.3 is 19.7 Å². The molecule has 0 amide bonds. The van der Waals surface area contributed by atoms with Crippen LogP contribution in [0.4, 0.5) is 0 Å². The maximum atomic E-state index is 6.19. The summed E-state index contributed by atoms with van der Waals surface area (Å²) in [4.78, 5) is 4.38. The summed E-state index contributed by atoms with van der Waals surface area (Å²) in [5.41, 5.74) is 6.30. The zero-order chi connectivity index (χ0) is 13.3. The summed E-state index contributed by atoms with van der Waals surface area (Å²) < 4.78 is 15.9. The van der Waals surface area contributed by atoms with Crippen LogP contribution in [0.2, 0.25) is 0 Å². The fraction of sp³-hybridized carbons (Fsp3) is 0.385. The average Bonchev–Trinajstić information content (AvgIpc) is 3.08. The molecule has 0 spiro atoms. The van der Waals surface area contributed by atoms with Gasteiger partial charge in [-0.25, -0.2) is 0 Å². The van der Waals surface area contributed by atoms with Crippen molar-refractivity contribution in [1.29, 1.82) is 0 Å². The Bertz CT molecular complexity index is 576. The van der Waals surface area contributed by atoms with E-state index in [0.717, 1.165) is 5.56 Å². The van der Waals surface area contributed by atoms with Gasteiger partial charge in [0.2, 0.25) is 11.7 Å². The lowest BCUT2D eigenvalue weighted by atomic mass is 10.0. The predicted molar refractivity (Wildman–Crippen MR) is 67.6 cm³/mol. The van der Waals surface area contributed by atoms with E-state index < -0.39 is 5.54 Å². The molecule has 3 rings (SSSR count). The van der Waals surface area contributed by atoms with Gasteiger partial charge in [0.15, 0.2) is 0 Å². The lowest BCUT2D eigenvalue weighted by Crippen LogP contribution is -2.37. The van der Waals surface area contributed by atoms with Crippen molar-refractivity contribution >= 4 is 0 Å². The van der Waals surface area contributed by atoms with Gasteiger partial charge in [0.05, 0.1) is 19.3 Å². The molecule has 2 heterocycles. The third-order valence-corrected chi connectivity index (χ3v) is 3.25. The second-order valence-electron chi connectivity index (χ2n) is 4.58. The number of aromatic nitrogens is 2. The van der Waals surface area contributed by atoms with Crippen molar-refractivity contribution in [1.82, 2.24) is 10.1 Å². The van der Waals surface area contributed by atoms with Crippen molar-refractivity contribution in [2.75, 3.05) is 20.3 Å². The Kier molecular flexibility index (Phi) is 2.96. The number of nitrogens with zero attached hydrogens (tertiary/aromatic N) is 2. The number of methoxy groups -OCH3 is 1. The van der Waals surface area contributed by atoms with Crippen molar-refractivity contribution < 1.29 is 14.0 Å². The smallest absolute Gasteiger partial charge is 0.249 e. The predicted octanol–water partition coefficient (Wildman–Crippen LogP) is 1.32. The zero-order valence-corrected chi connectivity index (χ0v) is 10.6. The van der Waals surface area contributed by atoms with Gasteiger partial charge >= 0.3 is 0 Å². The molecule has 19 heavy (non-hydrogen) atoms. The van der Waals surface area contributed by atoms with Crippen LogP contribution in [0.15, 0.2) is 28.8 Å². The van der Waals surface area contributed by atoms with Crippen LogP contribution in [0.3, 0.4) is 0 Å². The van der Waals surface area contributed by atoms with Crippen LogP contribution in [-0.2, 0) is 10.3 Å². The minimum Gasteiger partial charge on any atom is -0.496 e. The summed E-state index contributed by atoms with van der Waals surface area (Å²) in [6.45, 7) is 1.02. The van der Waals surface area contributed by atoms with E-state index in [-0.39, 0.29) is 0 Å². The molecule has 1 saturated heterocycles. The maximum Gasteiger partial charge on any atom is 0.249 e. The first kappa shape index (κ1) is 12.1. The van der Waals surface area contributed by atoms with Gasteiger partial charge in [-0.3, -0.25) is 0 Å². The topological polar surface area (TPSA) is 83.4 Å². The molecule has 1 atom stereocenters. The minimum absolute atomic E-state index is 0.403. The molecule has 6 nitrogen and oxygen atoms in total. The highest BCUT2D eigenvalue weighted by atomic mass is 16.5. The average molecular weight is 261 g/mol. The van der Waals surface area contributed by atoms with Crippen LogP contribution < -0.4 is 10.5 Å². The van der Waals surface area contributed by atoms with Crippen LogP contribution in [0.25, 0.3) is 11.4 Å². The number of ether oxygens (including phenoxy) is 2. The molecule has 0 radical (unpaired) electrons. The van der Waals surface area contributed by atoms with E-state index in [1.54, 1.807) is 7.11 Å². The number of hydrogen-bond donors (Lipinski definition) is 1. The van der Waals surface area contributed by atoms with E-state index in [0.29, 0.717) is 37.1 Å². The normalized spacial score (nSPS) is 22.6. The highest BCUT2D eigenvalue weighted by Gasteiger charge is 2.38. The first-order chi connectivity index (χ1) is 9.23. The molecule has 0 aliphatic carbocycles. The van der Waals surface area contributed by atoms with Gasteiger partial charge in [-0.05, 0) is 18.6 Å². The molecule has 1 aliphatic heterocycles. The molecule has 1 aromatic heterocycles. The second kappa shape index (κ2) is 4.64. The fourth-order valence-corrected chi connectivity index (χ4v) is 2.11. The van der Waals surface area contributed by atoms with Crippen LogP contribution >= 0.6 is 0 Å². The van der Waals surface area contributed by atoms with Gasteiger partial charge in [-0.2, -0.15) is 4.98 Å². The van der Waals surface area contributed by atoms with Crippen molar-refractivity contribution in [2.45, 2.75) is 12.0 Å². The Labute approximate surface area is 110 Å². The summed E-state index contributed by atoms with van der Waals surface area (Å²) >= 11 is 0. The van der Waals surface area contributed by atoms with Crippen LogP contribution in [0.1, 0.15) is 12.3 Å². The highest BCUT2D eigenvalue weighted by Crippen LogP contribution is 2.31. The van der Waals surface area contributed by atoms with E-state index in [4.69, 9.17) is 19.7 Å². The Morgan fingerprint density at radius 2 is 2.21 bits per heavy atom. The molecule has 6 heteroatoms. The molecule has 100 valence electrons. The molecule has 2 aromatic rings. The second-order valence-corrected chi connectivity index (χ2v) is 4.58. The maximum absolute atomic E-state index is 6.19. The summed E-state index contributed by atoms with van der Waals surface area (Å²) in [6, 6.07) is 7.51. The monoisotopic (exact) mass is 261 g/mol. The van der Waals surface area contributed by atoms with Crippen LogP contribution in [0, 0.1) is 0 Å². The Morgan fingerprint density at radius 1 is 1.37 bits per heavy atom. The van der Waals surface area contributed by atoms with Gasteiger partial charge in [0.25, 0.3) is 0 Å². The molecule has 1 fully saturated rings. The van der Waals surface area contributed by atoms with E-state index in [2.05, 4.69) is 10.1 Å². The number of nitrogens with two attached hydrogens (primary N) is 1. The SMILES string of the molecule is COc1ccccc1-c1noc(C2(N)CCOC2)n1. The molecule has 1 aromatic carbocycles. The Balaban J connectivity index is 1.97. The molecule has 0 saturated carbocycles. The molecule has 2 N–H and O–H groups in total. The van der Waals surface area contributed by atoms with Crippen LogP contribution in [-0.4, -0.2) is 30.5 Å². The lowest BCUT2D eigenvalue weighted by Gasteiger charge is -2.15. The van der Waals surface area contributed by atoms with E-state index in [1.807, 2.05) is 24.3 Å². The number of para-hydroxylation sites is 1.